The summed E-state index contributed by atoms with van der Waals surface area (Å²) in [5.41, 5.74) is 1.35. The SMILES string of the molecule is CNC1c2cccc(Cl)c2SC(C)C1C. The Labute approximate surface area is 101 Å². The van der Waals surface area contributed by atoms with Crippen LogP contribution in [0.4, 0.5) is 0 Å². The van der Waals surface area contributed by atoms with Crippen molar-refractivity contribution in [3.05, 3.63) is 28.8 Å². The van der Waals surface area contributed by atoms with Crippen LogP contribution >= 0.6 is 23.4 Å². The second kappa shape index (κ2) is 4.36. The largest absolute Gasteiger partial charge is 0.313 e. The van der Waals surface area contributed by atoms with Crippen LogP contribution < -0.4 is 5.32 Å². The van der Waals surface area contributed by atoms with E-state index in [1.165, 1.54) is 10.5 Å². The Morgan fingerprint density at radius 3 is 2.73 bits per heavy atom. The van der Waals surface area contributed by atoms with Gasteiger partial charge in [0.25, 0.3) is 0 Å². The maximum Gasteiger partial charge on any atom is 0.0545 e. The summed E-state index contributed by atoms with van der Waals surface area (Å²) < 4.78 is 0. The summed E-state index contributed by atoms with van der Waals surface area (Å²) in [6.45, 7) is 4.56. The van der Waals surface area contributed by atoms with E-state index in [-0.39, 0.29) is 0 Å². The van der Waals surface area contributed by atoms with Crippen LogP contribution in [0, 0.1) is 5.92 Å². The first-order valence-electron chi connectivity index (χ1n) is 5.27. The number of fused-ring (bicyclic) bond motifs is 1. The van der Waals surface area contributed by atoms with Gasteiger partial charge in [0.1, 0.15) is 0 Å². The van der Waals surface area contributed by atoms with Gasteiger partial charge in [-0.15, -0.1) is 11.8 Å². The van der Waals surface area contributed by atoms with Crippen LogP contribution in [-0.4, -0.2) is 12.3 Å². The molecule has 0 fully saturated rings. The molecule has 1 nitrogen and oxygen atoms in total. The zero-order chi connectivity index (χ0) is 11.0. The number of hydrogen-bond acceptors (Lipinski definition) is 2. The summed E-state index contributed by atoms with van der Waals surface area (Å²) in [4.78, 5) is 1.25. The van der Waals surface area contributed by atoms with E-state index >= 15 is 0 Å². The minimum Gasteiger partial charge on any atom is -0.313 e. The van der Waals surface area contributed by atoms with Crippen LogP contribution in [-0.2, 0) is 0 Å². The lowest BCUT2D eigenvalue weighted by molar-refractivity contribution is 0.396. The van der Waals surface area contributed by atoms with Crippen LogP contribution in [0.5, 0.6) is 0 Å². The minimum absolute atomic E-state index is 0.426. The van der Waals surface area contributed by atoms with Gasteiger partial charge in [-0.05, 0) is 24.6 Å². The number of nitrogens with one attached hydrogen (secondary N) is 1. The smallest absolute Gasteiger partial charge is 0.0545 e. The normalized spacial score (nSPS) is 30.0. The molecule has 1 aliphatic heterocycles. The van der Waals surface area contributed by atoms with Crippen molar-refractivity contribution in [2.75, 3.05) is 7.05 Å². The molecule has 1 aromatic rings. The Balaban J connectivity index is 2.49. The fraction of sp³-hybridized carbons (Fsp3) is 0.500. The highest BCUT2D eigenvalue weighted by Crippen LogP contribution is 2.46. The van der Waals surface area contributed by atoms with E-state index in [0.29, 0.717) is 17.2 Å². The zero-order valence-corrected chi connectivity index (χ0v) is 10.8. The third-order valence-electron chi connectivity index (χ3n) is 3.21. The molecule has 2 rings (SSSR count). The van der Waals surface area contributed by atoms with Gasteiger partial charge in [-0.2, -0.15) is 0 Å². The molecule has 1 aliphatic rings. The van der Waals surface area contributed by atoms with Crippen molar-refractivity contribution in [2.45, 2.75) is 30.0 Å². The fourth-order valence-corrected chi connectivity index (χ4v) is 3.73. The molecule has 82 valence electrons. The average molecular weight is 242 g/mol. The second-order valence-corrected chi connectivity index (χ2v) is 5.90. The monoisotopic (exact) mass is 241 g/mol. The standard InChI is InChI=1S/C12H16ClNS/c1-7-8(2)15-12-9(11(7)14-3)5-4-6-10(12)13/h4-8,11,14H,1-3H3. The highest BCUT2D eigenvalue weighted by molar-refractivity contribution is 8.00. The summed E-state index contributed by atoms with van der Waals surface area (Å²) in [5.74, 6) is 0.631. The van der Waals surface area contributed by atoms with E-state index in [4.69, 9.17) is 11.6 Å². The van der Waals surface area contributed by atoms with E-state index in [1.54, 1.807) is 0 Å². The summed E-state index contributed by atoms with van der Waals surface area (Å²) in [6, 6.07) is 6.62. The van der Waals surface area contributed by atoms with Gasteiger partial charge in [0.05, 0.1) is 5.02 Å². The lowest BCUT2D eigenvalue weighted by atomic mass is 9.91. The number of halogens is 1. The van der Waals surface area contributed by atoms with Crippen molar-refractivity contribution < 1.29 is 0 Å². The number of thioether (sulfide) groups is 1. The molecule has 3 heteroatoms. The predicted molar refractivity (Wildman–Crippen MR) is 67.7 cm³/mol. The van der Waals surface area contributed by atoms with Crippen molar-refractivity contribution in [2.24, 2.45) is 5.92 Å². The van der Waals surface area contributed by atoms with Gasteiger partial charge in [-0.25, -0.2) is 0 Å². The molecule has 0 amide bonds. The predicted octanol–water partition coefficient (Wildman–Crippen LogP) is 3.73. The molecule has 3 atom stereocenters. The van der Waals surface area contributed by atoms with Crippen molar-refractivity contribution in [1.82, 2.24) is 5.32 Å². The molecule has 0 saturated heterocycles. The van der Waals surface area contributed by atoms with Crippen molar-refractivity contribution in [3.8, 4) is 0 Å². The third-order valence-corrected chi connectivity index (χ3v) is 5.13. The Morgan fingerprint density at radius 1 is 1.33 bits per heavy atom. The van der Waals surface area contributed by atoms with Gasteiger partial charge in [0.2, 0.25) is 0 Å². The zero-order valence-electron chi connectivity index (χ0n) is 9.25. The van der Waals surface area contributed by atoms with E-state index in [0.717, 1.165) is 5.02 Å². The molecule has 1 N–H and O–H groups in total. The minimum atomic E-state index is 0.426. The van der Waals surface area contributed by atoms with Gasteiger partial charge in [-0.1, -0.05) is 37.6 Å². The van der Waals surface area contributed by atoms with Crippen LogP contribution in [0.25, 0.3) is 0 Å². The molecule has 0 aromatic heterocycles. The van der Waals surface area contributed by atoms with Crippen LogP contribution in [0.15, 0.2) is 23.1 Å². The molecule has 0 bridgehead atoms. The lowest BCUT2D eigenvalue weighted by Crippen LogP contribution is -2.32. The quantitative estimate of drug-likeness (QED) is 0.804. The van der Waals surface area contributed by atoms with E-state index in [9.17, 15) is 0 Å². The topological polar surface area (TPSA) is 12.0 Å². The van der Waals surface area contributed by atoms with Gasteiger partial charge in [0, 0.05) is 16.2 Å². The molecule has 3 unspecified atom stereocenters. The molecule has 0 saturated carbocycles. The fourth-order valence-electron chi connectivity index (χ4n) is 2.16. The Bertz CT molecular complexity index is 367. The second-order valence-electron chi connectivity index (χ2n) is 4.11. The molecular weight excluding hydrogens is 226 g/mol. The first-order valence-corrected chi connectivity index (χ1v) is 6.53. The number of benzene rings is 1. The van der Waals surface area contributed by atoms with Gasteiger partial charge in [0.15, 0.2) is 0 Å². The van der Waals surface area contributed by atoms with Crippen LogP contribution in [0.2, 0.25) is 5.02 Å². The van der Waals surface area contributed by atoms with Crippen LogP contribution in [0.3, 0.4) is 0 Å². The van der Waals surface area contributed by atoms with E-state index in [2.05, 4.69) is 25.2 Å². The van der Waals surface area contributed by atoms with Crippen molar-refractivity contribution in [3.63, 3.8) is 0 Å². The summed E-state index contributed by atoms with van der Waals surface area (Å²) in [7, 11) is 2.02. The van der Waals surface area contributed by atoms with E-state index < -0.39 is 0 Å². The maximum absolute atomic E-state index is 6.23. The summed E-state index contributed by atoms with van der Waals surface area (Å²) >= 11 is 8.12. The lowest BCUT2D eigenvalue weighted by Gasteiger charge is -2.35. The molecule has 0 spiro atoms. The molecule has 1 aromatic carbocycles. The molecular formula is C12H16ClNS. The van der Waals surface area contributed by atoms with Gasteiger partial charge in [-0.3, -0.25) is 0 Å². The van der Waals surface area contributed by atoms with Crippen molar-refractivity contribution in [1.29, 1.82) is 0 Å². The highest BCUT2D eigenvalue weighted by Gasteiger charge is 2.31. The van der Waals surface area contributed by atoms with Crippen LogP contribution in [0.1, 0.15) is 25.5 Å². The van der Waals surface area contributed by atoms with Crippen molar-refractivity contribution >= 4 is 23.4 Å². The summed E-state index contributed by atoms with van der Waals surface area (Å²) in [6.07, 6.45) is 0. The first kappa shape index (κ1) is 11.3. The molecule has 0 radical (unpaired) electrons. The Morgan fingerprint density at radius 2 is 2.07 bits per heavy atom. The molecule has 0 aliphatic carbocycles. The van der Waals surface area contributed by atoms with Gasteiger partial charge >= 0.3 is 0 Å². The number of hydrogen-bond donors (Lipinski definition) is 1. The Hall–Kier alpha value is -0.180. The van der Waals surface area contributed by atoms with E-state index in [1.807, 2.05) is 30.9 Å². The maximum atomic E-state index is 6.23. The molecule has 1 heterocycles. The average Bonchev–Trinajstić information content (AvgIpc) is 2.22. The summed E-state index contributed by atoms with van der Waals surface area (Å²) in [5, 5.41) is 4.89. The van der Waals surface area contributed by atoms with Gasteiger partial charge < -0.3 is 5.32 Å². The highest BCUT2D eigenvalue weighted by atomic mass is 35.5. The Kier molecular flexibility index (Phi) is 3.29. The third kappa shape index (κ3) is 1.91. The number of rotatable bonds is 1. The first-order chi connectivity index (χ1) is 7.15. The molecule has 15 heavy (non-hydrogen) atoms.